The van der Waals surface area contributed by atoms with Crippen molar-refractivity contribution in [3.05, 3.63) is 34.4 Å². The Kier molecular flexibility index (Phi) is 8.50. The van der Waals surface area contributed by atoms with Crippen LogP contribution in [0, 0.1) is 5.41 Å². The van der Waals surface area contributed by atoms with Crippen molar-refractivity contribution in [3.63, 3.8) is 0 Å². The molecule has 1 heterocycles. The normalized spacial score (nSPS) is 23.3. The first-order valence-electron chi connectivity index (χ1n) is 12.3. The number of hydrogen-bond donors (Lipinski definition) is 0. The molecule has 0 bridgehead atoms. The molecule has 1 aliphatic heterocycles. The summed E-state index contributed by atoms with van der Waals surface area (Å²) in [4.78, 5) is 0. The summed E-state index contributed by atoms with van der Waals surface area (Å²) in [5.74, 6) is 0. The summed E-state index contributed by atoms with van der Waals surface area (Å²) >= 11 is 0. The molecule has 0 radical (unpaired) electrons. The molecule has 0 aliphatic carbocycles. The molecule has 31 heavy (non-hydrogen) atoms. The third-order valence-electron chi connectivity index (χ3n) is 6.86. The summed E-state index contributed by atoms with van der Waals surface area (Å²) in [5.41, 5.74) is 6.29. The van der Waals surface area contributed by atoms with E-state index in [-0.39, 0.29) is 21.7 Å². The molecule has 1 fully saturated rings. The molecule has 2 nitrogen and oxygen atoms in total. The van der Waals surface area contributed by atoms with Gasteiger partial charge in [-0.05, 0) is 51.3 Å². The SMILES string of the molecule is CCCCC1(CC)COP(Cc2c(C(C)(C)C)cc(C(C)(C)C)cc2C(C)(C)C)OC1. The summed E-state index contributed by atoms with van der Waals surface area (Å²) in [7, 11) is -0.892. The minimum absolute atomic E-state index is 0.0794. The molecule has 0 N–H and O–H groups in total. The van der Waals surface area contributed by atoms with Crippen molar-refractivity contribution in [2.45, 2.75) is 124 Å². The number of hydrogen-bond acceptors (Lipinski definition) is 2. The molecule has 1 aliphatic rings. The van der Waals surface area contributed by atoms with Crippen molar-refractivity contribution in [2.75, 3.05) is 13.2 Å². The Hall–Kier alpha value is -0.430. The van der Waals surface area contributed by atoms with E-state index in [0.29, 0.717) is 0 Å². The van der Waals surface area contributed by atoms with E-state index in [9.17, 15) is 0 Å². The minimum Gasteiger partial charge on any atom is -0.333 e. The van der Waals surface area contributed by atoms with Crippen LogP contribution in [0.5, 0.6) is 0 Å². The lowest BCUT2D eigenvalue weighted by molar-refractivity contribution is 0.0226. The Morgan fingerprint density at radius 3 is 1.65 bits per heavy atom. The van der Waals surface area contributed by atoms with Crippen LogP contribution in [0.2, 0.25) is 0 Å². The highest BCUT2D eigenvalue weighted by Gasteiger charge is 2.37. The number of unbranched alkanes of at least 4 members (excludes halogenated alkanes) is 1. The van der Waals surface area contributed by atoms with Gasteiger partial charge in [-0.15, -0.1) is 0 Å². The maximum Gasteiger partial charge on any atom is 0.175 e. The molecule has 3 heteroatoms. The number of rotatable bonds is 6. The van der Waals surface area contributed by atoms with Crippen LogP contribution in [0.1, 0.15) is 124 Å². The second kappa shape index (κ2) is 9.82. The maximum atomic E-state index is 6.46. The van der Waals surface area contributed by atoms with Gasteiger partial charge in [-0.25, -0.2) is 0 Å². The Labute approximate surface area is 194 Å². The highest BCUT2D eigenvalue weighted by molar-refractivity contribution is 7.46. The maximum absolute atomic E-state index is 6.46. The highest BCUT2D eigenvalue weighted by atomic mass is 31.2. The molecule has 0 unspecified atom stereocenters. The van der Waals surface area contributed by atoms with E-state index in [1.807, 2.05) is 0 Å². The van der Waals surface area contributed by atoms with Crippen molar-refractivity contribution in [3.8, 4) is 0 Å². The van der Waals surface area contributed by atoms with Gasteiger partial charge in [-0.2, -0.15) is 0 Å². The first-order chi connectivity index (χ1) is 14.1. The molecule has 1 aromatic rings. The Bertz CT molecular complexity index is 688. The molecule has 1 aromatic carbocycles. The van der Waals surface area contributed by atoms with E-state index in [4.69, 9.17) is 9.05 Å². The second-order valence-corrected chi connectivity index (χ2v) is 14.3. The Morgan fingerprint density at radius 2 is 1.29 bits per heavy atom. The fourth-order valence-electron chi connectivity index (χ4n) is 4.41. The third-order valence-corrected chi connectivity index (χ3v) is 8.27. The van der Waals surface area contributed by atoms with Crippen LogP contribution >= 0.6 is 8.38 Å². The van der Waals surface area contributed by atoms with Gasteiger partial charge >= 0.3 is 0 Å². The summed E-state index contributed by atoms with van der Waals surface area (Å²) in [5, 5.41) is 0. The van der Waals surface area contributed by atoms with Crippen LogP contribution in [0.15, 0.2) is 12.1 Å². The van der Waals surface area contributed by atoms with Crippen molar-refractivity contribution in [2.24, 2.45) is 5.41 Å². The quantitative estimate of drug-likeness (QED) is 0.404. The second-order valence-electron chi connectivity index (χ2n) is 12.8. The lowest BCUT2D eigenvalue weighted by Gasteiger charge is -2.40. The van der Waals surface area contributed by atoms with Crippen LogP contribution in [-0.4, -0.2) is 13.2 Å². The zero-order valence-corrected chi connectivity index (χ0v) is 23.3. The van der Waals surface area contributed by atoms with E-state index < -0.39 is 8.38 Å². The van der Waals surface area contributed by atoms with Crippen LogP contribution in [-0.2, 0) is 31.5 Å². The molecule has 0 aromatic heterocycles. The van der Waals surface area contributed by atoms with Crippen LogP contribution in [0.4, 0.5) is 0 Å². The van der Waals surface area contributed by atoms with Crippen LogP contribution in [0.3, 0.4) is 0 Å². The minimum atomic E-state index is -0.892. The Balaban J connectivity index is 2.42. The lowest BCUT2D eigenvalue weighted by atomic mass is 9.72. The summed E-state index contributed by atoms with van der Waals surface area (Å²) < 4.78 is 12.9. The predicted molar refractivity (Wildman–Crippen MR) is 137 cm³/mol. The van der Waals surface area contributed by atoms with E-state index in [0.717, 1.165) is 25.8 Å². The van der Waals surface area contributed by atoms with Crippen LogP contribution in [0.25, 0.3) is 0 Å². The van der Waals surface area contributed by atoms with E-state index in [1.54, 1.807) is 0 Å². The Morgan fingerprint density at radius 1 is 0.806 bits per heavy atom. The van der Waals surface area contributed by atoms with E-state index in [1.165, 1.54) is 41.5 Å². The van der Waals surface area contributed by atoms with Crippen LogP contribution < -0.4 is 0 Å². The predicted octanol–water partition coefficient (Wildman–Crippen LogP) is 9.02. The van der Waals surface area contributed by atoms with Gasteiger partial charge in [0.1, 0.15) is 0 Å². The topological polar surface area (TPSA) is 18.5 Å². The van der Waals surface area contributed by atoms with Crippen molar-refractivity contribution in [1.29, 1.82) is 0 Å². The van der Waals surface area contributed by atoms with Gasteiger partial charge < -0.3 is 9.05 Å². The van der Waals surface area contributed by atoms with Crippen molar-refractivity contribution >= 4 is 8.38 Å². The van der Waals surface area contributed by atoms with Gasteiger partial charge in [0, 0.05) is 11.6 Å². The van der Waals surface area contributed by atoms with Gasteiger partial charge in [-0.3, -0.25) is 0 Å². The van der Waals surface area contributed by atoms with E-state index >= 15 is 0 Å². The van der Waals surface area contributed by atoms with Gasteiger partial charge in [0.25, 0.3) is 0 Å². The van der Waals surface area contributed by atoms with Gasteiger partial charge in [0.2, 0.25) is 0 Å². The number of benzene rings is 1. The van der Waals surface area contributed by atoms with Gasteiger partial charge in [0.15, 0.2) is 8.38 Å². The molecule has 0 spiro atoms. The highest BCUT2D eigenvalue weighted by Crippen LogP contribution is 2.53. The zero-order valence-electron chi connectivity index (χ0n) is 22.4. The fourth-order valence-corrected chi connectivity index (χ4v) is 6.10. The van der Waals surface area contributed by atoms with Crippen molar-refractivity contribution in [1.82, 2.24) is 0 Å². The summed E-state index contributed by atoms with van der Waals surface area (Å²) in [6, 6.07) is 4.92. The summed E-state index contributed by atoms with van der Waals surface area (Å²) in [6.07, 6.45) is 5.74. The smallest absolute Gasteiger partial charge is 0.175 e. The average molecular weight is 449 g/mol. The van der Waals surface area contributed by atoms with Gasteiger partial charge in [-0.1, -0.05) is 101 Å². The molecule has 0 amide bonds. The molecular formula is C28H49O2P. The van der Waals surface area contributed by atoms with Gasteiger partial charge in [0.05, 0.1) is 13.2 Å². The largest absolute Gasteiger partial charge is 0.333 e. The zero-order chi connectivity index (χ0) is 23.7. The molecule has 0 atom stereocenters. The standard InChI is InChI=1S/C28H49O2P/c1-12-14-15-28(13-2)19-29-31(30-20-28)18-22-23(26(6,7)8)16-21(25(3,4)5)17-24(22)27(9,10)11/h16-17H,12-15,18-20H2,1-11H3. The van der Waals surface area contributed by atoms with E-state index in [2.05, 4.69) is 88.3 Å². The first-order valence-corrected chi connectivity index (χ1v) is 13.7. The lowest BCUT2D eigenvalue weighted by Crippen LogP contribution is -2.34. The third kappa shape index (κ3) is 6.78. The fraction of sp³-hybridized carbons (Fsp3) is 0.786. The first kappa shape index (κ1) is 26.8. The molecule has 0 saturated carbocycles. The molecule has 178 valence electrons. The van der Waals surface area contributed by atoms with Crippen molar-refractivity contribution < 1.29 is 9.05 Å². The monoisotopic (exact) mass is 448 g/mol. The molecule has 1 saturated heterocycles. The molecular weight excluding hydrogens is 399 g/mol. The summed E-state index contributed by atoms with van der Waals surface area (Å²) in [6.45, 7) is 27.3. The molecule has 2 rings (SSSR count). The average Bonchev–Trinajstić information content (AvgIpc) is 2.65.